The highest BCUT2D eigenvalue weighted by molar-refractivity contribution is 7.86. The molecule has 1 amide bonds. The molecule has 8 nitrogen and oxygen atoms in total. The third-order valence-corrected chi connectivity index (χ3v) is 3.96. The number of nitrogens with one attached hydrogen (secondary N) is 1. The number of aromatic nitrogens is 2. The number of amides is 1. The Hall–Kier alpha value is -2.77. The van der Waals surface area contributed by atoms with Crippen molar-refractivity contribution in [1.29, 1.82) is 5.26 Å². The molecule has 1 atom stereocenters. The van der Waals surface area contributed by atoms with Gasteiger partial charge in [0.2, 0.25) is 0 Å². The number of nitrogens with zero attached hydrogens (tertiary/aromatic N) is 3. The summed E-state index contributed by atoms with van der Waals surface area (Å²) in [7, 11) is -3.85. The summed E-state index contributed by atoms with van der Waals surface area (Å²) in [5.74, 6) is -1.37. The van der Waals surface area contributed by atoms with Crippen LogP contribution in [0.2, 0.25) is 0 Å². The van der Waals surface area contributed by atoms with Crippen LogP contribution in [-0.2, 0) is 27.8 Å². The molecule has 0 saturated carbocycles. The summed E-state index contributed by atoms with van der Waals surface area (Å²) in [6, 6.07) is 6.11. The second-order valence-electron chi connectivity index (χ2n) is 5.40. The van der Waals surface area contributed by atoms with E-state index in [1.807, 2.05) is 0 Å². The minimum atomic E-state index is -3.85. The molecule has 0 saturated heterocycles. The van der Waals surface area contributed by atoms with E-state index in [4.69, 9.17) is 13.6 Å². The van der Waals surface area contributed by atoms with Gasteiger partial charge in [0.25, 0.3) is 16.0 Å². The van der Waals surface area contributed by atoms with Gasteiger partial charge >= 0.3 is 0 Å². The summed E-state index contributed by atoms with van der Waals surface area (Å²) in [6.45, 7) is -1.52. The van der Waals surface area contributed by atoms with E-state index in [0.29, 0.717) is 4.68 Å². The molecule has 0 aliphatic carbocycles. The molecule has 10 heteroatoms. The molecule has 26 heavy (non-hydrogen) atoms. The van der Waals surface area contributed by atoms with E-state index >= 15 is 0 Å². The van der Waals surface area contributed by atoms with Crippen molar-refractivity contribution in [1.82, 2.24) is 15.1 Å². The Labute approximate surface area is 154 Å². The molecule has 138 valence electrons. The number of aryl methyl sites for hydroxylation is 1. The third-order valence-electron chi connectivity index (χ3n) is 3.32. The Bertz CT molecular complexity index is 1080. The van der Waals surface area contributed by atoms with Gasteiger partial charge in [0.05, 0.1) is 18.5 Å². The van der Waals surface area contributed by atoms with E-state index in [-0.39, 0.29) is 29.1 Å². The number of hydrogen-bond acceptors (Lipinski definition) is 6. The maximum atomic E-state index is 13.6. The van der Waals surface area contributed by atoms with Crippen LogP contribution in [0.4, 0.5) is 4.39 Å². The van der Waals surface area contributed by atoms with Gasteiger partial charge in [-0.1, -0.05) is 0 Å². The van der Waals surface area contributed by atoms with Crippen LogP contribution in [0.15, 0.2) is 24.3 Å². The van der Waals surface area contributed by atoms with Gasteiger partial charge in [-0.3, -0.25) is 13.7 Å². The molecule has 1 N–H and O–H groups in total. The van der Waals surface area contributed by atoms with Gasteiger partial charge < -0.3 is 5.32 Å². The fourth-order valence-electron chi connectivity index (χ4n) is 2.25. The lowest BCUT2D eigenvalue weighted by molar-refractivity contribution is 0.0945. The van der Waals surface area contributed by atoms with Crippen LogP contribution >= 0.6 is 0 Å². The number of halogens is 1. The van der Waals surface area contributed by atoms with Crippen LogP contribution in [0.5, 0.6) is 0 Å². The smallest absolute Gasteiger partial charge is 0.264 e. The van der Waals surface area contributed by atoms with Crippen LogP contribution in [0.1, 0.15) is 44.4 Å². The van der Waals surface area contributed by atoms with Gasteiger partial charge in [-0.2, -0.15) is 18.8 Å². The molecule has 0 unspecified atom stereocenters. The van der Waals surface area contributed by atoms with E-state index in [9.17, 15) is 17.6 Å². The van der Waals surface area contributed by atoms with Crippen LogP contribution in [0.25, 0.3) is 0 Å². The lowest BCUT2D eigenvalue weighted by Crippen LogP contribution is -2.25. The van der Waals surface area contributed by atoms with Crippen molar-refractivity contribution in [2.45, 2.75) is 19.6 Å². The highest BCUT2D eigenvalue weighted by Gasteiger charge is 2.21. The van der Waals surface area contributed by atoms with Crippen LogP contribution < -0.4 is 5.32 Å². The molecule has 2 rings (SSSR count). The second kappa shape index (κ2) is 7.63. The molecular weight excluding hydrogens is 363 g/mol. The van der Waals surface area contributed by atoms with E-state index in [2.05, 4.69) is 10.4 Å². The maximum absolute atomic E-state index is 13.6. The summed E-state index contributed by atoms with van der Waals surface area (Å²) in [6.07, 6.45) is -0.294. The van der Waals surface area contributed by atoms with Crippen LogP contribution in [-0.4, -0.2) is 30.4 Å². The largest absolute Gasteiger partial charge is 0.346 e. The molecule has 2 aromatic rings. The van der Waals surface area contributed by atoms with Gasteiger partial charge in [0.15, 0.2) is 0 Å². The average Bonchev–Trinajstić information content (AvgIpc) is 3.02. The van der Waals surface area contributed by atoms with Crippen LogP contribution in [0, 0.1) is 17.1 Å². The predicted molar refractivity (Wildman–Crippen MR) is 89.8 cm³/mol. The molecule has 0 aliphatic heterocycles. The minimum absolute atomic E-state index is 0.0126. The number of nitriles is 1. The number of carbonyl (C=O) groups is 1. The van der Waals surface area contributed by atoms with E-state index in [0.717, 1.165) is 18.4 Å². The summed E-state index contributed by atoms with van der Waals surface area (Å²) < 4.78 is 63.7. The highest BCUT2D eigenvalue weighted by Crippen LogP contribution is 2.24. The number of rotatable bonds is 6. The van der Waals surface area contributed by atoms with Crippen molar-refractivity contribution >= 4 is 16.0 Å². The molecule has 0 aliphatic rings. The summed E-state index contributed by atoms with van der Waals surface area (Å²) >= 11 is 0. The third kappa shape index (κ3) is 4.87. The molecule has 0 fully saturated rings. The highest BCUT2D eigenvalue weighted by atomic mass is 32.2. The van der Waals surface area contributed by atoms with Crippen molar-refractivity contribution < 1.29 is 25.9 Å². The first-order valence-electron chi connectivity index (χ1n) is 8.77. The molecule has 1 aromatic carbocycles. The molecule has 1 heterocycles. The first-order valence-corrected chi connectivity index (χ1v) is 9.09. The van der Waals surface area contributed by atoms with E-state index in [1.165, 1.54) is 19.1 Å². The fraction of sp³-hybridized carbons (Fsp3) is 0.312. The zero-order chi connectivity index (χ0) is 22.0. The Morgan fingerprint density at radius 1 is 1.54 bits per heavy atom. The second-order valence-corrected chi connectivity index (χ2v) is 7.00. The number of benzene rings is 1. The SMILES string of the molecule is [2H]C([2H])([2H])n1nc(CNC(=O)c2ccc(F)cc2[C@H](C)OS(C)(=O)=O)cc1C#N. The van der Waals surface area contributed by atoms with Gasteiger partial charge in [0, 0.05) is 16.7 Å². The number of carbonyl (C=O) groups excluding carboxylic acids is 1. The van der Waals surface area contributed by atoms with Crippen molar-refractivity contribution in [3.63, 3.8) is 0 Å². The Balaban J connectivity index is 2.24. The Morgan fingerprint density at radius 3 is 2.85 bits per heavy atom. The number of hydrogen-bond donors (Lipinski definition) is 1. The zero-order valence-corrected chi connectivity index (χ0v) is 14.7. The topological polar surface area (TPSA) is 114 Å². The molecule has 0 bridgehead atoms. The zero-order valence-electron chi connectivity index (χ0n) is 16.9. The lowest BCUT2D eigenvalue weighted by Gasteiger charge is -2.16. The first-order chi connectivity index (χ1) is 13.3. The monoisotopic (exact) mass is 383 g/mol. The van der Waals surface area contributed by atoms with Crippen molar-refractivity contribution in [2.24, 2.45) is 6.98 Å². The minimum Gasteiger partial charge on any atom is -0.346 e. The van der Waals surface area contributed by atoms with Crippen molar-refractivity contribution in [3.05, 3.63) is 52.6 Å². The van der Waals surface area contributed by atoms with Gasteiger partial charge in [-0.15, -0.1) is 0 Å². The average molecular weight is 383 g/mol. The Morgan fingerprint density at radius 2 is 2.27 bits per heavy atom. The summed E-state index contributed by atoms with van der Waals surface area (Å²) in [4.78, 5) is 12.5. The van der Waals surface area contributed by atoms with Crippen molar-refractivity contribution in [2.75, 3.05) is 6.26 Å². The predicted octanol–water partition coefficient (Wildman–Crippen LogP) is 1.40. The molecule has 0 radical (unpaired) electrons. The van der Waals surface area contributed by atoms with Crippen LogP contribution in [0.3, 0.4) is 0 Å². The quantitative estimate of drug-likeness (QED) is 0.754. The molecule has 0 spiro atoms. The van der Waals surface area contributed by atoms with Gasteiger partial charge in [0.1, 0.15) is 23.7 Å². The summed E-state index contributed by atoms with van der Waals surface area (Å²) in [5.41, 5.74) is -0.0982. The maximum Gasteiger partial charge on any atom is 0.264 e. The summed E-state index contributed by atoms with van der Waals surface area (Å²) in [5, 5.41) is 15.3. The molecule has 1 aromatic heterocycles. The normalized spacial score (nSPS) is 14.6. The first kappa shape index (κ1) is 15.5. The Kier molecular flexibility index (Phi) is 4.55. The van der Waals surface area contributed by atoms with E-state index in [1.54, 1.807) is 6.07 Å². The standard InChI is InChI=1S/C16H17FN4O4S/c1-10(25-26(3,23)24)15-6-11(17)4-5-14(15)16(22)19-9-12-7-13(8-18)21(2)20-12/h4-7,10H,9H2,1-3H3,(H,19,22)/t10-/m0/s1/i2D3. The lowest BCUT2D eigenvalue weighted by atomic mass is 10.0. The van der Waals surface area contributed by atoms with Gasteiger partial charge in [-0.25, -0.2) is 4.39 Å². The van der Waals surface area contributed by atoms with Crippen molar-refractivity contribution in [3.8, 4) is 6.07 Å². The fourth-order valence-corrected chi connectivity index (χ4v) is 2.88. The van der Waals surface area contributed by atoms with E-state index < -0.39 is 34.9 Å². The van der Waals surface area contributed by atoms with Gasteiger partial charge in [-0.05, 0) is 36.8 Å². The molecular formula is C16H17FN4O4S.